The SMILES string of the molecule is Cl[C@@H]1CCCCC1SSSSC1CCCC[C@@H]1Cl. The number of alkyl halides is 2. The van der Waals surface area contributed by atoms with E-state index >= 15 is 0 Å². The van der Waals surface area contributed by atoms with Gasteiger partial charge in [0.2, 0.25) is 0 Å². The Hall–Kier alpha value is 1.98. The number of rotatable bonds is 5. The largest absolute Gasteiger partial charge is 0.122 e. The minimum absolute atomic E-state index is 0.386. The van der Waals surface area contributed by atoms with Crippen molar-refractivity contribution in [1.82, 2.24) is 0 Å². The van der Waals surface area contributed by atoms with Gasteiger partial charge < -0.3 is 0 Å². The van der Waals surface area contributed by atoms with Crippen molar-refractivity contribution in [3.63, 3.8) is 0 Å². The second-order valence-corrected chi connectivity index (χ2v) is 12.4. The van der Waals surface area contributed by atoms with Gasteiger partial charge in [0.15, 0.2) is 0 Å². The Morgan fingerprint density at radius 3 is 1.39 bits per heavy atom. The van der Waals surface area contributed by atoms with Gasteiger partial charge in [-0.1, -0.05) is 47.3 Å². The summed E-state index contributed by atoms with van der Waals surface area (Å²) in [5.41, 5.74) is 0. The first kappa shape index (κ1) is 16.4. The molecule has 2 rings (SSSR count). The summed E-state index contributed by atoms with van der Waals surface area (Å²) < 4.78 is 0. The van der Waals surface area contributed by atoms with Gasteiger partial charge in [-0.05, 0) is 45.3 Å². The summed E-state index contributed by atoms with van der Waals surface area (Å²) in [6, 6.07) is 0. The summed E-state index contributed by atoms with van der Waals surface area (Å²) >= 11 is 12.7. The van der Waals surface area contributed by atoms with Gasteiger partial charge in [-0.25, -0.2) is 0 Å². The predicted octanol–water partition coefficient (Wildman–Crippen LogP) is 6.76. The lowest BCUT2D eigenvalue weighted by Gasteiger charge is -2.27. The van der Waals surface area contributed by atoms with E-state index < -0.39 is 0 Å². The molecule has 0 heterocycles. The highest BCUT2D eigenvalue weighted by atomic mass is 35.5. The van der Waals surface area contributed by atoms with Gasteiger partial charge in [0.25, 0.3) is 0 Å². The van der Waals surface area contributed by atoms with Crippen LogP contribution in [0.1, 0.15) is 51.4 Å². The van der Waals surface area contributed by atoms with Crippen LogP contribution in [-0.2, 0) is 0 Å². The predicted molar refractivity (Wildman–Crippen MR) is 94.2 cm³/mol. The molecule has 0 radical (unpaired) electrons. The molecule has 0 aromatic carbocycles. The molecule has 0 saturated heterocycles. The molecule has 2 saturated carbocycles. The van der Waals surface area contributed by atoms with Crippen LogP contribution >= 0.6 is 64.4 Å². The van der Waals surface area contributed by atoms with Crippen LogP contribution < -0.4 is 0 Å². The first-order chi connectivity index (χ1) is 8.77. The van der Waals surface area contributed by atoms with E-state index in [2.05, 4.69) is 0 Å². The normalized spacial score (nSPS) is 37.7. The van der Waals surface area contributed by atoms with Gasteiger partial charge in [-0.3, -0.25) is 0 Å². The standard InChI is InChI=1S/C12H20Cl2S4/c13-9-5-1-3-7-11(9)15-17-18-16-12-8-4-2-6-10(12)14/h9-12H,1-8H2/t9-,10+,11?,12?. The monoisotopic (exact) mass is 362 g/mol. The first-order valence-electron chi connectivity index (χ1n) is 6.71. The zero-order valence-electron chi connectivity index (χ0n) is 10.4. The van der Waals surface area contributed by atoms with E-state index in [1.54, 1.807) is 0 Å². The number of hydrogen-bond donors (Lipinski definition) is 0. The molecule has 2 fully saturated rings. The van der Waals surface area contributed by atoms with Gasteiger partial charge in [0.05, 0.1) is 0 Å². The Kier molecular flexibility index (Phi) is 8.26. The Morgan fingerprint density at radius 2 is 1.00 bits per heavy atom. The van der Waals surface area contributed by atoms with Crippen molar-refractivity contribution in [3.05, 3.63) is 0 Å². The maximum atomic E-state index is 6.36. The van der Waals surface area contributed by atoms with Gasteiger partial charge >= 0.3 is 0 Å². The molecule has 18 heavy (non-hydrogen) atoms. The van der Waals surface area contributed by atoms with Crippen LogP contribution in [0.15, 0.2) is 0 Å². The lowest BCUT2D eigenvalue weighted by molar-refractivity contribution is 0.524. The second-order valence-electron chi connectivity index (χ2n) is 5.01. The van der Waals surface area contributed by atoms with Crippen LogP contribution in [0.3, 0.4) is 0 Å². The van der Waals surface area contributed by atoms with Crippen LogP contribution in [0.4, 0.5) is 0 Å². The molecule has 6 heteroatoms. The number of halogens is 2. The van der Waals surface area contributed by atoms with Gasteiger partial charge in [-0.15, -0.1) is 23.2 Å². The van der Waals surface area contributed by atoms with E-state index in [0.717, 1.165) is 0 Å². The maximum absolute atomic E-state index is 6.36. The van der Waals surface area contributed by atoms with Crippen molar-refractivity contribution in [2.75, 3.05) is 0 Å². The fourth-order valence-corrected chi connectivity index (χ4v) is 11.3. The molecule has 0 aromatic rings. The van der Waals surface area contributed by atoms with E-state index in [9.17, 15) is 0 Å². The lowest BCUT2D eigenvalue weighted by atomic mass is 10.00. The molecular formula is C12H20Cl2S4. The molecule has 2 aliphatic carbocycles. The second kappa shape index (κ2) is 9.09. The van der Waals surface area contributed by atoms with Crippen LogP contribution in [0, 0.1) is 0 Å². The molecule has 0 nitrogen and oxygen atoms in total. The smallest absolute Gasteiger partial charge is 0.0463 e. The summed E-state index contributed by atoms with van der Waals surface area (Å²) in [6.45, 7) is 0. The minimum Gasteiger partial charge on any atom is -0.122 e. The van der Waals surface area contributed by atoms with E-state index in [0.29, 0.717) is 21.3 Å². The molecule has 0 N–H and O–H groups in total. The molecular weight excluding hydrogens is 343 g/mol. The van der Waals surface area contributed by atoms with Crippen molar-refractivity contribution in [2.24, 2.45) is 0 Å². The first-order valence-corrected chi connectivity index (χ1v) is 12.5. The summed E-state index contributed by atoms with van der Waals surface area (Å²) in [6.07, 6.45) is 10.3. The van der Waals surface area contributed by atoms with Crippen molar-refractivity contribution >= 4 is 64.4 Å². The molecule has 0 aromatic heterocycles. The third-order valence-electron chi connectivity index (χ3n) is 3.60. The van der Waals surface area contributed by atoms with Crippen molar-refractivity contribution in [2.45, 2.75) is 72.6 Å². The van der Waals surface area contributed by atoms with Crippen molar-refractivity contribution in [1.29, 1.82) is 0 Å². The Labute approximate surface area is 136 Å². The molecule has 0 bridgehead atoms. The molecule has 4 atom stereocenters. The molecule has 0 spiro atoms. The highest BCUT2D eigenvalue weighted by Gasteiger charge is 2.26. The van der Waals surface area contributed by atoms with Gasteiger partial charge in [0, 0.05) is 21.3 Å². The zero-order valence-corrected chi connectivity index (χ0v) is 15.1. The van der Waals surface area contributed by atoms with Crippen LogP contribution in [0.25, 0.3) is 0 Å². The maximum Gasteiger partial charge on any atom is 0.0463 e. The van der Waals surface area contributed by atoms with Crippen molar-refractivity contribution in [3.8, 4) is 0 Å². The molecule has 2 aliphatic rings. The molecule has 0 amide bonds. The summed E-state index contributed by atoms with van der Waals surface area (Å²) in [5.74, 6) is 0. The summed E-state index contributed by atoms with van der Waals surface area (Å²) in [5, 5.41) is 2.07. The van der Waals surface area contributed by atoms with Gasteiger partial charge in [-0.2, -0.15) is 0 Å². The highest BCUT2D eigenvalue weighted by Crippen LogP contribution is 2.51. The molecule has 0 aliphatic heterocycles. The summed E-state index contributed by atoms with van der Waals surface area (Å²) in [4.78, 5) is 0. The summed E-state index contributed by atoms with van der Waals surface area (Å²) in [7, 11) is 7.78. The van der Waals surface area contributed by atoms with Crippen LogP contribution in [0.5, 0.6) is 0 Å². The topological polar surface area (TPSA) is 0 Å². The van der Waals surface area contributed by atoms with Crippen LogP contribution in [-0.4, -0.2) is 21.3 Å². The van der Waals surface area contributed by atoms with E-state index in [-0.39, 0.29) is 0 Å². The third kappa shape index (κ3) is 5.40. The quantitative estimate of drug-likeness (QED) is 0.300. The van der Waals surface area contributed by atoms with E-state index in [1.807, 2.05) is 41.2 Å². The fourth-order valence-electron chi connectivity index (χ4n) is 2.45. The molecule has 106 valence electrons. The third-order valence-corrected chi connectivity index (χ3v) is 12.3. The number of hydrogen-bond acceptors (Lipinski definition) is 4. The van der Waals surface area contributed by atoms with Crippen molar-refractivity contribution < 1.29 is 0 Å². The molecule has 2 unspecified atom stereocenters. The lowest BCUT2D eigenvalue weighted by Crippen LogP contribution is -2.21. The highest BCUT2D eigenvalue weighted by molar-refractivity contribution is 9.26. The minimum atomic E-state index is 0.386. The van der Waals surface area contributed by atoms with E-state index in [1.165, 1.54) is 51.4 Å². The Morgan fingerprint density at radius 1 is 0.611 bits per heavy atom. The Balaban J connectivity index is 1.57. The van der Waals surface area contributed by atoms with Crippen LogP contribution in [0.2, 0.25) is 0 Å². The average molecular weight is 363 g/mol. The van der Waals surface area contributed by atoms with Gasteiger partial charge in [0.1, 0.15) is 0 Å². The fraction of sp³-hybridized carbons (Fsp3) is 1.00. The van der Waals surface area contributed by atoms with E-state index in [4.69, 9.17) is 23.2 Å². The Bertz CT molecular complexity index is 218. The average Bonchev–Trinajstić information content (AvgIpc) is 2.38. The zero-order chi connectivity index (χ0) is 12.8.